The largest absolute Gasteiger partial charge is 0.493 e. The van der Waals surface area contributed by atoms with Crippen molar-refractivity contribution in [2.24, 2.45) is 0 Å². The van der Waals surface area contributed by atoms with Gasteiger partial charge in [0.1, 0.15) is 4.32 Å². The van der Waals surface area contributed by atoms with Gasteiger partial charge < -0.3 is 14.8 Å². The van der Waals surface area contributed by atoms with E-state index in [0.29, 0.717) is 14.8 Å². The molecular formula is C17H11N3O7S2. The van der Waals surface area contributed by atoms with Crippen LogP contribution in [0.4, 0.5) is 11.4 Å². The highest BCUT2D eigenvalue weighted by Crippen LogP contribution is 2.39. The van der Waals surface area contributed by atoms with Gasteiger partial charge in [0, 0.05) is 6.07 Å². The van der Waals surface area contributed by atoms with E-state index in [1.54, 1.807) is 18.2 Å². The minimum Gasteiger partial charge on any atom is -0.493 e. The molecule has 1 aliphatic heterocycles. The quantitative estimate of drug-likeness (QED) is 0.312. The summed E-state index contributed by atoms with van der Waals surface area (Å²) in [6, 6.07) is 7.77. The zero-order valence-corrected chi connectivity index (χ0v) is 16.2. The van der Waals surface area contributed by atoms with Crippen LogP contribution in [-0.4, -0.2) is 27.2 Å². The van der Waals surface area contributed by atoms with E-state index in [1.165, 1.54) is 13.2 Å². The molecule has 148 valence electrons. The van der Waals surface area contributed by atoms with Crippen molar-refractivity contribution in [3.05, 3.63) is 67.1 Å². The second kappa shape index (κ2) is 8.24. The molecule has 0 aliphatic carbocycles. The molecule has 0 bridgehead atoms. The van der Waals surface area contributed by atoms with Gasteiger partial charge in [0.25, 0.3) is 11.6 Å². The van der Waals surface area contributed by atoms with Crippen molar-refractivity contribution >= 4 is 51.7 Å². The summed E-state index contributed by atoms with van der Waals surface area (Å²) in [4.78, 5) is 32.8. The van der Waals surface area contributed by atoms with Gasteiger partial charge in [0.2, 0.25) is 5.75 Å². The normalized spacial score (nSPS) is 14.6. The fourth-order valence-electron chi connectivity index (χ4n) is 2.40. The average Bonchev–Trinajstić information content (AvgIpc) is 2.99. The smallest absolute Gasteiger partial charge is 0.318 e. The van der Waals surface area contributed by atoms with Crippen molar-refractivity contribution < 1.29 is 24.1 Å². The molecule has 1 saturated heterocycles. The van der Waals surface area contributed by atoms with Crippen LogP contribution in [0.3, 0.4) is 0 Å². The number of thioether (sulfide) groups is 1. The lowest BCUT2D eigenvalue weighted by Gasteiger charge is -2.11. The van der Waals surface area contributed by atoms with Gasteiger partial charge in [-0.1, -0.05) is 30.0 Å². The summed E-state index contributed by atoms with van der Waals surface area (Å²) in [7, 11) is 1.38. The topological polar surface area (TPSA) is 134 Å². The van der Waals surface area contributed by atoms with Gasteiger partial charge in [-0.15, -0.1) is 0 Å². The van der Waals surface area contributed by atoms with Crippen LogP contribution < -0.4 is 14.8 Å². The number of carbonyl (C=O) groups is 1. The summed E-state index contributed by atoms with van der Waals surface area (Å²) in [6.45, 7) is 0. The number of rotatable bonds is 6. The number of amides is 1. The first kappa shape index (κ1) is 20.2. The number of methoxy groups -OCH3 is 1. The van der Waals surface area contributed by atoms with E-state index in [-0.39, 0.29) is 23.2 Å². The average molecular weight is 433 g/mol. The Morgan fingerprint density at radius 2 is 1.79 bits per heavy atom. The molecule has 0 unspecified atom stereocenters. The number of nitro benzene ring substituents is 2. The maximum absolute atomic E-state index is 11.8. The van der Waals surface area contributed by atoms with Crippen molar-refractivity contribution in [2.75, 3.05) is 7.11 Å². The van der Waals surface area contributed by atoms with Crippen molar-refractivity contribution in [3.63, 3.8) is 0 Å². The van der Waals surface area contributed by atoms with E-state index in [2.05, 4.69) is 5.32 Å². The van der Waals surface area contributed by atoms with E-state index in [1.807, 2.05) is 0 Å². The van der Waals surface area contributed by atoms with Crippen molar-refractivity contribution in [2.45, 2.75) is 0 Å². The standard InChI is InChI=1S/C17H11N3O7S2/c1-26-14-6-9(7-15-16(21)18-17(28)29-15)2-4-13(14)27-12-5-3-10(19(22)23)8-11(12)20(24)25/h2-8H,1H3,(H,18,21,28). The molecule has 0 spiro atoms. The van der Waals surface area contributed by atoms with Gasteiger partial charge in [0.05, 0.1) is 27.9 Å². The first-order valence-corrected chi connectivity index (χ1v) is 9.04. The Balaban J connectivity index is 1.93. The number of nitrogens with one attached hydrogen (secondary N) is 1. The van der Waals surface area contributed by atoms with Gasteiger partial charge in [-0.3, -0.25) is 25.0 Å². The van der Waals surface area contributed by atoms with Gasteiger partial charge in [-0.25, -0.2) is 0 Å². The summed E-state index contributed by atoms with van der Waals surface area (Å²) in [6.07, 6.45) is 1.61. The number of thiocarbonyl (C=S) groups is 1. The Morgan fingerprint density at radius 3 is 2.38 bits per heavy atom. The predicted octanol–water partition coefficient (Wildman–Crippen LogP) is 3.79. The summed E-state index contributed by atoms with van der Waals surface area (Å²) in [5.41, 5.74) is -0.363. The molecule has 1 amide bonds. The van der Waals surface area contributed by atoms with E-state index < -0.39 is 21.2 Å². The third-order valence-electron chi connectivity index (χ3n) is 3.70. The maximum Gasteiger partial charge on any atom is 0.318 e. The zero-order chi connectivity index (χ0) is 21.1. The molecule has 29 heavy (non-hydrogen) atoms. The van der Waals surface area contributed by atoms with Crippen LogP contribution in [0.5, 0.6) is 17.2 Å². The van der Waals surface area contributed by atoms with E-state index in [0.717, 1.165) is 30.0 Å². The molecule has 1 fully saturated rings. The summed E-state index contributed by atoms with van der Waals surface area (Å²) in [5, 5.41) is 24.6. The molecule has 10 nitrogen and oxygen atoms in total. The lowest BCUT2D eigenvalue weighted by molar-refractivity contribution is -0.394. The second-order valence-corrected chi connectivity index (χ2v) is 7.25. The fourth-order valence-corrected chi connectivity index (χ4v) is 3.44. The molecule has 2 aromatic rings. The third-order valence-corrected chi connectivity index (χ3v) is 4.86. The Kier molecular flexibility index (Phi) is 5.75. The van der Waals surface area contributed by atoms with Crippen molar-refractivity contribution in [1.82, 2.24) is 5.32 Å². The molecule has 12 heteroatoms. The van der Waals surface area contributed by atoms with Crippen LogP contribution in [0, 0.1) is 20.2 Å². The highest BCUT2D eigenvalue weighted by molar-refractivity contribution is 8.26. The molecule has 3 rings (SSSR count). The highest BCUT2D eigenvalue weighted by atomic mass is 32.2. The monoisotopic (exact) mass is 433 g/mol. The summed E-state index contributed by atoms with van der Waals surface area (Å²) >= 11 is 6.07. The molecule has 1 aliphatic rings. The van der Waals surface area contributed by atoms with Crippen LogP contribution in [0.25, 0.3) is 6.08 Å². The second-order valence-electron chi connectivity index (χ2n) is 5.53. The third kappa shape index (κ3) is 4.50. The van der Waals surface area contributed by atoms with Crippen LogP contribution >= 0.6 is 24.0 Å². The summed E-state index contributed by atoms with van der Waals surface area (Å²) < 4.78 is 11.2. The molecule has 2 aromatic carbocycles. The number of ether oxygens (including phenoxy) is 2. The number of hydrogen-bond acceptors (Lipinski definition) is 9. The Morgan fingerprint density at radius 1 is 1.07 bits per heavy atom. The van der Waals surface area contributed by atoms with Crippen LogP contribution in [0.1, 0.15) is 5.56 Å². The molecule has 1 N–H and O–H groups in total. The number of hydrogen-bond donors (Lipinski definition) is 1. The van der Waals surface area contributed by atoms with E-state index in [4.69, 9.17) is 21.7 Å². The van der Waals surface area contributed by atoms with E-state index in [9.17, 15) is 25.0 Å². The minimum atomic E-state index is -0.771. The SMILES string of the molecule is COc1cc(C=C2SC(=S)NC2=O)ccc1Oc1ccc([N+](=O)[O-])cc1[N+](=O)[O-]. The minimum absolute atomic E-state index is 0.158. The van der Waals surface area contributed by atoms with Crippen LogP contribution in [0.15, 0.2) is 41.3 Å². The summed E-state index contributed by atoms with van der Waals surface area (Å²) in [5.74, 6) is -0.0782. The van der Waals surface area contributed by atoms with Gasteiger partial charge in [-0.2, -0.15) is 0 Å². The van der Waals surface area contributed by atoms with Gasteiger partial charge in [-0.05, 0) is 29.8 Å². The van der Waals surface area contributed by atoms with Crippen molar-refractivity contribution in [3.8, 4) is 17.2 Å². The number of benzene rings is 2. The first-order valence-electron chi connectivity index (χ1n) is 7.82. The predicted molar refractivity (Wildman–Crippen MR) is 109 cm³/mol. The van der Waals surface area contributed by atoms with Gasteiger partial charge in [0.15, 0.2) is 11.5 Å². The van der Waals surface area contributed by atoms with Crippen LogP contribution in [0.2, 0.25) is 0 Å². The molecule has 0 aromatic heterocycles. The lowest BCUT2D eigenvalue weighted by atomic mass is 10.2. The van der Waals surface area contributed by atoms with Crippen LogP contribution in [-0.2, 0) is 4.79 Å². The first-order chi connectivity index (χ1) is 13.8. The number of nitrogens with zero attached hydrogens (tertiary/aromatic N) is 2. The number of nitro groups is 2. The molecular weight excluding hydrogens is 422 g/mol. The molecule has 0 radical (unpaired) electrons. The molecule has 1 heterocycles. The number of carbonyl (C=O) groups excluding carboxylic acids is 1. The Labute approximate surface area is 172 Å². The highest BCUT2D eigenvalue weighted by Gasteiger charge is 2.23. The molecule has 0 atom stereocenters. The van der Waals surface area contributed by atoms with Gasteiger partial charge >= 0.3 is 5.69 Å². The maximum atomic E-state index is 11.8. The Bertz CT molecular complexity index is 1080. The van der Waals surface area contributed by atoms with Crippen molar-refractivity contribution in [1.29, 1.82) is 0 Å². The lowest BCUT2D eigenvalue weighted by Crippen LogP contribution is -2.17. The molecule has 0 saturated carbocycles. The zero-order valence-electron chi connectivity index (χ0n) is 14.6. The number of non-ortho nitro benzene ring substituents is 1. The fraction of sp³-hybridized carbons (Fsp3) is 0.0588. The Hall–Kier alpha value is -3.51. The van der Waals surface area contributed by atoms with E-state index >= 15 is 0 Å².